The Bertz CT molecular complexity index is 546. The van der Waals surface area contributed by atoms with Crippen molar-refractivity contribution in [3.8, 4) is 0 Å². The van der Waals surface area contributed by atoms with Crippen LogP contribution in [0.2, 0.25) is 0 Å². The zero-order valence-electron chi connectivity index (χ0n) is 12.9. The Morgan fingerprint density at radius 1 is 1.38 bits per heavy atom. The number of carboxylic acids is 1. The van der Waals surface area contributed by atoms with Crippen molar-refractivity contribution in [2.45, 2.75) is 46.1 Å². The molecule has 0 aliphatic carbocycles. The lowest BCUT2D eigenvalue weighted by Gasteiger charge is -2.32. The Hall–Kier alpha value is -1.85. The largest absolute Gasteiger partial charge is 0.480 e. The Morgan fingerprint density at radius 2 is 2.05 bits per heavy atom. The topological polar surface area (TPSA) is 75.4 Å². The summed E-state index contributed by atoms with van der Waals surface area (Å²) in [5.41, 5.74) is 0.862. The Balaban J connectivity index is 2.29. The van der Waals surface area contributed by atoms with Gasteiger partial charge in [-0.05, 0) is 25.7 Å². The van der Waals surface area contributed by atoms with E-state index in [-0.39, 0.29) is 5.91 Å². The minimum atomic E-state index is -1.30. The fourth-order valence-electron chi connectivity index (χ4n) is 3.11. The van der Waals surface area contributed by atoms with Crippen molar-refractivity contribution in [3.05, 3.63) is 17.5 Å². The first-order valence-electron chi connectivity index (χ1n) is 7.48. The molecule has 0 aromatic carbocycles. The molecule has 1 amide bonds. The predicted octanol–water partition coefficient (Wildman–Crippen LogP) is 1.59. The molecule has 0 spiro atoms. The summed E-state index contributed by atoms with van der Waals surface area (Å²) in [5, 5.41) is 13.8. The van der Waals surface area contributed by atoms with Gasteiger partial charge in [-0.3, -0.25) is 14.3 Å². The number of aryl methyl sites for hydroxylation is 1. The van der Waals surface area contributed by atoms with Gasteiger partial charge < -0.3 is 10.0 Å². The summed E-state index contributed by atoms with van der Waals surface area (Å²) in [5.74, 6) is -1.29. The van der Waals surface area contributed by atoms with E-state index in [1.165, 1.54) is 0 Å². The number of carbonyl (C=O) groups is 2. The van der Waals surface area contributed by atoms with Crippen LogP contribution in [0.1, 0.15) is 44.4 Å². The Morgan fingerprint density at radius 3 is 2.62 bits per heavy atom. The lowest BCUT2D eigenvalue weighted by atomic mass is 9.81. The summed E-state index contributed by atoms with van der Waals surface area (Å²) in [7, 11) is 1.90. The molecule has 1 aromatic rings. The van der Waals surface area contributed by atoms with Gasteiger partial charge >= 0.3 is 5.97 Å². The Labute approximate surface area is 124 Å². The molecule has 0 bridgehead atoms. The molecule has 6 nitrogen and oxygen atoms in total. The van der Waals surface area contributed by atoms with Gasteiger partial charge in [0.05, 0.1) is 6.20 Å². The minimum absolute atomic E-state index is 0.267. The number of carbonyl (C=O) groups excluding carboxylic acids is 1. The van der Waals surface area contributed by atoms with Gasteiger partial charge in [0, 0.05) is 31.4 Å². The first-order valence-corrected chi connectivity index (χ1v) is 7.48. The summed E-state index contributed by atoms with van der Waals surface area (Å²) in [6, 6.07) is 0. The average Bonchev–Trinajstić information content (AvgIpc) is 2.69. The van der Waals surface area contributed by atoms with Crippen molar-refractivity contribution in [1.82, 2.24) is 14.7 Å². The molecule has 1 aliphatic rings. The minimum Gasteiger partial charge on any atom is -0.480 e. The van der Waals surface area contributed by atoms with E-state index in [4.69, 9.17) is 0 Å². The molecule has 116 valence electrons. The van der Waals surface area contributed by atoms with Crippen LogP contribution in [-0.4, -0.2) is 38.2 Å². The second kappa shape index (κ2) is 5.87. The quantitative estimate of drug-likeness (QED) is 0.855. The highest BCUT2D eigenvalue weighted by Gasteiger charge is 2.45. The molecule has 0 saturated heterocycles. The number of hydrogen-bond acceptors (Lipinski definition) is 3. The maximum absolute atomic E-state index is 12.8. The van der Waals surface area contributed by atoms with E-state index < -0.39 is 11.4 Å². The maximum Gasteiger partial charge on any atom is 0.319 e. The second-order valence-corrected chi connectivity index (χ2v) is 5.66. The van der Waals surface area contributed by atoms with Gasteiger partial charge in [0.1, 0.15) is 5.41 Å². The third-order valence-electron chi connectivity index (χ3n) is 4.66. The van der Waals surface area contributed by atoms with Crippen LogP contribution < -0.4 is 0 Å². The fraction of sp³-hybridized carbons (Fsp3) is 0.667. The standard InChI is InChI=1S/C15H23N3O3/c1-4-15(5-2,14(20)21)13(19)18-8-6-7-12-11(10-18)9-16-17(12)3/h9H,4-8,10H2,1-3H3,(H,20,21). The van der Waals surface area contributed by atoms with E-state index in [1.807, 2.05) is 11.7 Å². The molecule has 0 radical (unpaired) electrons. The molecule has 2 rings (SSSR count). The number of hydrogen-bond donors (Lipinski definition) is 1. The van der Waals surface area contributed by atoms with Crippen LogP contribution in [-0.2, 0) is 29.6 Å². The van der Waals surface area contributed by atoms with Gasteiger partial charge in [0.15, 0.2) is 0 Å². The average molecular weight is 293 g/mol. The first kappa shape index (κ1) is 15.5. The summed E-state index contributed by atoms with van der Waals surface area (Å²) < 4.78 is 1.84. The van der Waals surface area contributed by atoms with E-state index >= 15 is 0 Å². The third-order valence-corrected chi connectivity index (χ3v) is 4.66. The van der Waals surface area contributed by atoms with Crippen LogP contribution >= 0.6 is 0 Å². The zero-order valence-corrected chi connectivity index (χ0v) is 12.9. The van der Waals surface area contributed by atoms with Gasteiger partial charge in [-0.2, -0.15) is 5.10 Å². The van der Waals surface area contributed by atoms with Crippen molar-refractivity contribution in [2.75, 3.05) is 6.54 Å². The van der Waals surface area contributed by atoms with Gasteiger partial charge in [-0.15, -0.1) is 0 Å². The highest BCUT2D eigenvalue weighted by Crippen LogP contribution is 2.31. The third kappa shape index (κ3) is 2.54. The monoisotopic (exact) mass is 293 g/mol. The number of nitrogens with zero attached hydrogens (tertiary/aromatic N) is 3. The number of aromatic nitrogens is 2. The smallest absolute Gasteiger partial charge is 0.319 e. The van der Waals surface area contributed by atoms with E-state index in [1.54, 1.807) is 24.9 Å². The van der Waals surface area contributed by atoms with Crippen LogP contribution in [0.15, 0.2) is 6.20 Å². The molecule has 0 saturated carbocycles. The molecule has 1 aromatic heterocycles. The van der Waals surface area contributed by atoms with Gasteiger partial charge in [-0.1, -0.05) is 13.8 Å². The van der Waals surface area contributed by atoms with Crippen molar-refractivity contribution < 1.29 is 14.7 Å². The highest BCUT2D eigenvalue weighted by atomic mass is 16.4. The highest BCUT2D eigenvalue weighted by molar-refractivity contribution is 6.01. The molecule has 0 atom stereocenters. The Kier molecular flexibility index (Phi) is 4.34. The molecule has 1 aliphatic heterocycles. The van der Waals surface area contributed by atoms with Gasteiger partial charge in [0.25, 0.3) is 0 Å². The van der Waals surface area contributed by atoms with Crippen LogP contribution in [0.3, 0.4) is 0 Å². The van der Waals surface area contributed by atoms with Gasteiger partial charge in [0.2, 0.25) is 5.91 Å². The fourth-order valence-corrected chi connectivity index (χ4v) is 3.11. The van der Waals surface area contributed by atoms with E-state index in [2.05, 4.69) is 5.10 Å². The molecule has 1 N–H and O–H groups in total. The van der Waals surface area contributed by atoms with Crippen molar-refractivity contribution in [1.29, 1.82) is 0 Å². The SMILES string of the molecule is CCC(CC)(C(=O)O)C(=O)N1CCCc2c(cnn2C)C1. The van der Waals surface area contributed by atoms with Crippen molar-refractivity contribution >= 4 is 11.9 Å². The molecule has 6 heteroatoms. The second-order valence-electron chi connectivity index (χ2n) is 5.66. The van der Waals surface area contributed by atoms with Crippen LogP contribution in [0.4, 0.5) is 0 Å². The van der Waals surface area contributed by atoms with Crippen LogP contribution in [0, 0.1) is 5.41 Å². The van der Waals surface area contributed by atoms with Crippen molar-refractivity contribution in [3.63, 3.8) is 0 Å². The summed E-state index contributed by atoms with van der Waals surface area (Å²) >= 11 is 0. The lowest BCUT2D eigenvalue weighted by molar-refractivity contribution is -0.161. The molecule has 0 fully saturated rings. The molecule has 21 heavy (non-hydrogen) atoms. The summed E-state index contributed by atoms with van der Waals surface area (Å²) in [6.07, 6.45) is 4.11. The zero-order chi connectivity index (χ0) is 15.6. The maximum atomic E-state index is 12.8. The number of carboxylic acid groups (broad SMARTS) is 1. The number of rotatable bonds is 4. The molecular formula is C15H23N3O3. The summed E-state index contributed by atoms with van der Waals surface area (Å²) in [4.78, 5) is 26.1. The molecular weight excluding hydrogens is 270 g/mol. The van der Waals surface area contributed by atoms with E-state index in [0.29, 0.717) is 25.9 Å². The van der Waals surface area contributed by atoms with Crippen molar-refractivity contribution in [2.24, 2.45) is 12.5 Å². The number of amides is 1. The number of aliphatic carboxylic acids is 1. The lowest BCUT2D eigenvalue weighted by Crippen LogP contribution is -2.48. The molecule has 2 heterocycles. The summed E-state index contributed by atoms with van der Waals surface area (Å²) in [6.45, 7) is 4.59. The van der Waals surface area contributed by atoms with E-state index in [0.717, 1.165) is 24.1 Å². The first-order chi connectivity index (χ1) is 9.96. The normalized spacial score (nSPS) is 15.5. The predicted molar refractivity (Wildman–Crippen MR) is 77.6 cm³/mol. The van der Waals surface area contributed by atoms with Crippen LogP contribution in [0.5, 0.6) is 0 Å². The number of fused-ring (bicyclic) bond motifs is 1. The molecule has 0 unspecified atom stereocenters. The van der Waals surface area contributed by atoms with Gasteiger partial charge in [-0.25, -0.2) is 0 Å². The van der Waals surface area contributed by atoms with Crippen LogP contribution in [0.25, 0.3) is 0 Å². The van der Waals surface area contributed by atoms with E-state index in [9.17, 15) is 14.7 Å².